The highest BCUT2D eigenvalue weighted by Gasteiger charge is 2.38. The second-order valence-corrected chi connectivity index (χ2v) is 5.79. The maximum absolute atomic E-state index is 9.53. The molecule has 1 aliphatic rings. The molecule has 0 bridgehead atoms. The van der Waals surface area contributed by atoms with Gasteiger partial charge in [0.1, 0.15) is 0 Å². The van der Waals surface area contributed by atoms with Crippen molar-refractivity contribution in [1.29, 1.82) is 5.26 Å². The summed E-state index contributed by atoms with van der Waals surface area (Å²) in [6.07, 6.45) is 4.28. The molecule has 0 radical (unpaired) electrons. The van der Waals surface area contributed by atoms with Crippen molar-refractivity contribution in [2.75, 3.05) is 0 Å². The monoisotopic (exact) mass is 227 g/mol. The zero-order valence-corrected chi connectivity index (χ0v) is 11.1. The van der Waals surface area contributed by atoms with Gasteiger partial charge in [0.05, 0.1) is 11.5 Å². The van der Waals surface area contributed by atoms with Crippen LogP contribution in [0.3, 0.4) is 0 Å². The summed E-state index contributed by atoms with van der Waals surface area (Å²) in [5.74, 6) is 0.707. The maximum Gasteiger partial charge on any atom is 0.0693 e. The van der Waals surface area contributed by atoms with Crippen molar-refractivity contribution in [1.82, 2.24) is 0 Å². The van der Waals surface area contributed by atoms with Gasteiger partial charge < -0.3 is 0 Å². The Morgan fingerprint density at radius 2 is 2.00 bits per heavy atom. The second-order valence-electron chi connectivity index (χ2n) is 5.79. The number of nitriles is 1. The number of aryl methyl sites for hydroxylation is 2. The summed E-state index contributed by atoms with van der Waals surface area (Å²) in [7, 11) is 0. The number of nitrogens with zero attached hydrogens (tertiary/aromatic N) is 1. The average Bonchev–Trinajstić information content (AvgIpc) is 2.67. The van der Waals surface area contributed by atoms with E-state index in [0.29, 0.717) is 5.92 Å². The Morgan fingerprint density at radius 1 is 1.35 bits per heavy atom. The van der Waals surface area contributed by atoms with Gasteiger partial charge in [0, 0.05) is 0 Å². The first kappa shape index (κ1) is 12.2. The van der Waals surface area contributed by atoms with Gasteiger partial charge in [0.2, 0.25) is 0 Å². The first-order valence-electron chi connectivity index (χ1n) is 6.53. The highest BCUT2D eigenvalue weighted by Crippen LogP contribution is 2.44. The molecule has 0 amide bonds. The van der Waals surface area contributed by atoms with E-state index in [0.717, 1.165) is 19.3 Å². The minimum absolute atomic E-state index is 0.101. The third kappa shape index (κ3) is 2.36. The SMILES string of the molecule is Cc1cccc(C)c1CC1(C#N)CCC(C)C1. The number of hydrogen-bond acceptors (Lipinski definition) is 1. The molecular weight excluding hydrogens is 206 g/mol. The molecular formula is C16H21N. The fraction of sp³-hybridized carbons (Fsp3) is 0.562. The number of rotatable bonds is 2. The molecule has 0 saturated heterocycles. The molecule has 1 nitrogen and oxygen atoms in total. The lowest BCUT2D eigenvalue weighted by Crippen LogP contribution is -2.19. The highest BCUT2D eigenvalue weighted by atomic mass is 14.4. The summed E-state index contributed by atoms with van der Waals surface area (Å²) in [4.78, 5) is 0. The summed E-state index contributed by atoms with van der Waals surface area (Å²) in [5, 5.41) is 9.53. The van der Waals surface area contributed by atoms with Crippen LogP contribution in [0.2, 0.25) is 0 Å². The van der Waals surface area contributed by atoms with Crippen LogP contribution in [0.4, 0.5) is 0 Å². The largest absolute Gasteiger partial charge is 0.198 e. The number of benzene rings is 1. The van der Waals surface area contributed by atoms with E-state index in [2.05, 4.69) is 45.0 Å². The van der Waals surface area contributed by atoms with Gasteiger partial charge in [0.15, 0.2) is 0 Å². The molecule has 0 N–H and O–H groups in total. The molecule has 17 heavy (non-hydrogen) atoms. The Morgan fingerprint density at radius 3 is 2.47 bits per heavy atom. The Balaban J connectivity index is 2.29. The van der Waals surface area contributed by atoms with Gasteiger partial charge in [-0.2, -0.15) is 5.26 Å². The van der Waals surface area contributed by atoms with Gasteiger partial charge in [-0.25, -0.2) is 0 Å². The van der Waals surface area contributed by atoms with Crippen LogP contribution in [0, 0.1) is 36.5 Å². The van der Waals surface area contributed by atoms with Crippen molar-refractivity contribution in [2.45, 2.75) is 46.5 Å². The third-order valence-corrected chi connectivity index (χ3v) is 4.25. The molecule has 1 aliphatic carbocycles. The average molecular weight is 227 g/mol. The van der Waals surface area contributed by atoms with E-state index >= 15 is 0 Å². The third-order valence-electron chi connectivity index (χ3n) is 4.25. The van der Waals surface area contributed by atoms with Crippen LogP contribution in [-0.4, -0.2) is 0 Å². The van der Waals surface area contributed by atoms with Crippen molar-refractivity contribution in [3.63, 3.8) is 0 Å². The van der Waals surface area contributed by atoms with E-state index in [1.54, 1.807) is 0 Å². The van der Waals surface area contributed by atoms with Gasteiger partial charge in [-0.15, -0.1) is 0 Å². The van der Waals surface area contributed by atoms with Crippen molar-refractivity contribution < 1.29 is 0 Å². The topological polar surface area (TPSA) is 23.8 Å². The Bertz CT molecular complexity index is 435. The predicted molar refractivity (Wildman–Crippen MR) is 70.7 cm³/mol. The van der Waals surface area contributed by atoms with Gasteiger partial charge in [0.25, 0.3) is 0 Å². The summed E-state index contributed by atoms with van der Waals surface area (Å²) in [6, 6.07) is 9.03. The summed E-state index contributed by atoms with van der Waals surface area (Å²) in [6.45, 7) is 6.58. The molecule has 0 aromatic heterocycles. The Labute approximate surface area is 104 Å². The van der Waals surface area contributed by atoms with Gasteiger partial charge in [-0.1, -0.05) is 25.1 Å². The van der Waals surface area contributed by atoms with E-state index < -0.39 is 0 Å². The quantitative estimate of drug-likeness (QED) is 0.743. The van der Waals surface area contributed by atoms with Crippen molar-refractivity contribution in [3.05, 3.63) is 34.9 Å². The standard InChI is InChI=1S/C16H21N/c1-12-7-8-16(9-12,11-17)10-15-13(2)5-4-6-14(15)3/h4-6,12H,7-10H2,1-3H3. The van der Waals surface area contributed by atoms with Crippen molar-refractivity contribution in [2.24, 2.45) is 11.3 Å². The van der Waals surface area contributed by atoms with E-state index in [-0.39, 0.29) is 5.41 Å². The summed E-state index contributed by atoms with van der Waals surface area (Å²) >= 11 is 0. The maximum atomic E-state index is 9.53. The molecule has 1 aromatic carbocycles. The Kier molecular flexibility index (Phi) is 3.24. The van der Waals surface area contributed by atoms with Gasteiger partial charge in [-0.3, -0.25) is 0 Å². The van der Waals surface area contributed by atoms with E-state index in [9.17, 15) is 5.26 Å². The van der Waals surface area contributed by atoms with Crippen LogP contribution in [0.1, 0.15) is 42.9 Å². The normalized spacial score (nSPS) is 28.0. The van der Waals surface area contributed by atoms with E-state index in [1.165, 1.54) is 23.1 Å². The van der Waals surface area contributed by atoms with E-state index in [1.807, 2.05) is 0 Å². The molecule has 0 heterocycles. The molecule has 1 fully saturated rings. The molecule has 0 aliphatic heterocycles. The fourth-order valence-corrected chi connectivity index (χ4v) is 3.16. The van der Waals surface area contributed by atoms with Crippen LogP contribution < -0.4 is 0 Å². The van der Waals surface area contributed by atoms with Crippen LogP contribution in [0.5, 0.6) is 0 Å². The molecule has 1 aromatic rings. The van der Waals surface area contributed by atoms with Gasteiger partial charge in [-0.05, 0) is 62.1 Å². The molecule has 2 unspecified atom stereocenters. The molecule has 1 saturated carbocycles. The molecule has 2 rings (SSSR count). The smallest absolute Gasteiger partial charge is 0.0693 e. The van der Waals surface area contributed by atoms with E-state index in [4.69, 9.17) is 0 Å². The zero-order valence-electron chi connectivity index (χ0n) is 11.1. The van der Waals surface area contributed by atoms with Crippen molar-refractivity contribution in [3.8, 4) is 6.07 Å². The lowest BCUT2D eigenvalue weighted by Gasteiger charge is -2.23. The predicted octanol–water partition coefficient (Wildman–Crippen LogP) is 4.18. The van der Waals surface area contributed by atoms with Crippen LogP contribution in [0.25, 0.3) is 0 Å². The van der Waals surface area contributed by atoms with Crippen LogP contribution >= 0.6 is 0 Å². The lowest BCUT2D eigenvalue weighted by molar-refractivity contribution is 0.390. The molecule has 2 atom stereocenters. The molecule has 1 heteroatoms. The van der Waals surface area contributed by atoms with Gasteiger partial charge >= 0.3 is 0 Å². The lowest BCUT2D eigenvalue weighted by atomic mass is 9.79. The zero-order chi connectivity index (χ0) is 12.5. The fourth-order valence-electron chi connectivity index (χ4n) is 3.16. The Hall–Kier alpha value is -1.29. The van der Waals surface area contributed by atoms with Crippen LogP contribution in [-0.2, 0) is 6.42 Å². The second kappa shape index (κ2) is 4.53. The molecule has 0 spiro atoms. The molecule has 90 valence electrons. The first-order valence-corrected chi connectivity index (χ1v) is 6.53. The van der Waals surface area contributed by atoms with Crippen LogP contribution in [0.15, 0.2) is 18.2 Å². The first-order chi connectivity index (χ1) is 8.06. The highest BCUT2D eigenvalue weighted by molar-refractivity contribution is 5.35. The minimum Gasteiger partial charge on any atom is -0.198 e. The number of hydrogen-bond donors (Lipinski definition) is 0. The van der Waals surface area contributed by atoms with Crippen molar-refractivity contribution >= 4 is 0 Å². The summed E-state index contributed by atoms with van der Waals surface area (Å²) in [5.41, 5.74) is 3.96. The minimum atomic E-state index is -0.101. The summed E-state index contributed by atoms with van der Waals surface area (Å²) < 4.78 is 0.